The van der Waals surface area contributed by atoms with Crippen LogP contribution in [0.2, 0.25) is 0 Å². The van der Waals surface area contributed by atoms with E-state index in [1.54, 1.807) is 30.5 Å². The molecule has 0 fully saturated rings. The monoisotopic (exact) mass is 361 g/mol. The number of phenolic OH excluding ortho intramolecular Hbond substituents is 1. The summed E-state index contributed by atoms with van der Waals surface area (Å²) in [5, 5.41) is 31.6. The van der Waals surface area contributed by atoms with Crippen molar-refractivity contribution in [3.63, 3.8) is 0 Å². The predicted octanol–water partition coefficient (Wildman–Crippen LogP) is 5.25. The number of fused-ring (bicyclic) bond motifs is 5. The number of benzene rings is 3. The van der Waals surface area contributed by atoms with Crippen LogP contribution in [0, 0.1) is 22.7 Å². The highest BCUT2D eigenvalue weighted by Gasteiger charge is 2.15. The minimum atomic E-state index is -0.0479. The third kappa shape index (κ3) is 2.14. The number of rotatable bonds is 1. The second kappa shape index (κ2) is 5.84. The minimum absolute atomic E-state index is 0.0479. The SMILES string of the molecule is N#Cc1cccc(-c2ccc3ncc4oc5c(C#N)cccc5c4c3c2)c1O. The molecule has 5 nitrogen and oxygen atoms in total. The van der Waals surface area contributed by atoms with Crippen LogP contribution < -0.4 is 0 Å². The van der Waals surface area contributed by atoms with Gasteiger partial charge in [-0.3, -0.25) is 4.98 Å². The molecule has 1 N–H and O–H groups in total. The molecule has 0 aliphatic carbocycles. The predicted molar refractivity (Wildman–Crippen MR) is 106 cm³/mol. The molecule has 5 heteroatoms. The zero-order chi connectivity index (χ0) is 19.3. The Morgan fingerprint density at radius 2 is 1.68 bits per heavy atom. The van der Waals surface area contributed by atoms with Crippen molar-refractivity contribution < 1.29 is 9.52 Å². The van der Waals surface area contributed by atoms with Gasteiger partial charge in [-0.05, 0) is 29.8 Å². The van der Waals surface area contributed by atoms with E-state index in [-0.39, 0.29) is 11.3 Å². The van der Waals surface area contributed by atoms with Crippen LogP contribution in [0.4, 0.5) is 0 Å². The maximum absolute atomic E-state index is 10.4. The van der Waals surface area contributed by atoms with E-state index in [0.717, 1.165) is 27.2 Å². The first-order chi connectivity index (χ1) is 13.7. The van der Waals surface area contributed by atoms with Crippen LogP contribution in [0.25, 0.3) is 44.0 Å². The first-order valence-electron chi connectivity index (χ1n) is 8.58. The molecule has 0 radical (unpaired) electrons. The quantitative estimate of drug-likeness (QED) is 0.440. The van der Waals surface area contributed by atoms with E-state index < -0.39 is 0 Å². The summed E-state index contributed by atoms with van der Waals surface area (Å²) >= 11 is 0. The van der Waals surface area contributed by atoms with Gasteiger partial charge < -0.3 is 9.52 Å². The molecule has 0 amide bonds. The van der Waals surface area contributed by atoms with E-state index in [2.05, 4.69) is 11.1 Å². The average Bonchev–Trinajstić information content (AvgIpc) is 3.13. The molecule has 2 aromatic heterocycles. The molecule has 2 heterocycles. The van der Waals surface area contributed by atoms with E-state index >= 15 is 0 Å². The van der Waals surface area contributed by atoms with Crippen molar-refractivity contribution in [2.75, 3.05) is 0 Å². The second-order valence-corrected chi connectivity index (χ2v) is 6.44. The summed E-state index contributed by atoms with van der Waals surface area (Å²) in [6.07, 6.45) is 1.66. The van der Waals surface area contributed by atoms with E-state index in [1.807, 2.05) is 36.4 Å². The molecule has 3 aromatic carbocycles. The Balaban J connectivity index is 1.88. The van der Waals surface area contributed by atoms with E-state index in [1.165, 1.54) is 0 Å². The van der Waals surface area contributed by atoms with Gasteiger partial charge in [0.1, 0.15) is 17.9 Å². The van der Waals surface area contributed by atoms with Gasteiger partial charge >= 0.3 is 0 Å². The van der Waals surface area contributed by atoms with Crippen LogP contribution in [-0.4, -0.2) is 10.1 Å². The van der Waals surface area contributed by atoms with Crippen LogP contribution in [0.1, 0.15) is 11.1 Å². The van der Waals surface area contributed by atoms with Gasteiger partial charge in [-0.2, -0.15) is 10.5 Å². The van der Waals surface area contributed by atoms with Crippen molar-refractivity contribution in [1.29, 1.82) is 10.5 Å². The third-order valence-corrected chi connectivity index (χ3v) is 4.92. The molecule has 0 spiro atoms. The number of nitrogens with zero attached hydrogens (tertiary/aromatic N) is 3. The largest absolute Gasteiger partial charge is 0.506 e. The number of nitriles is 2. The summed E-state index contributed by atoms with van der Waals surface area (Å²) in [7, 11) is 0. The number of phenols is 1. The molecular weight excluding hydrogens is 350 g/mol. The summed E-state index contributed by atoms with van der Waals surface area (Å²) in [6, 6.07) is 20.4. The Bertz CT molecular complexity index is 1500. The Labute approximate surface area is 159 Å². The van der Waals surface area contributed by atoms with Crippen LogP contribution in [0.3, 0.4) is 0 Å². The molecule has 0 bridgehead atoms. The molecule has 0 aliphatic rings. The lowest BCUT2D eigenvalue weighted by Crippen LogP contribution is -1.85. The van der Waals surface area contributed by atoms with Gasteiger partial charge in [-0.15, -0.1) is 0 Å². The van der Waals surface area contributed by atoms with Crippen LogP contribution in [0.15, 0.2) is 65.2 Å². The molecule has 5 rings (SSSR count). The molecule has 5 aromatic rings. The average molecular weight is 361 g/mol. The fraction of sp³-hybridized carbons (Fsp3) is 0. The van der Waals surface area contributed by atoms with Crippen molar-refractivity contribution in [3.05, 3.63) is 71.9 Å². The maximum atomic E-state index is 10.4. The molecule has 0 atom stereocenters. The lowest BCUT2D eigenvalue weighted by molar-refractivity contribution is 0.475. The topological polar surface area (TPSA) is 93.8 Å². The van der Waals surface area contributed by atoms with Crippen LogP contribution >= 0.6 is 0 Å². The Kier molecular flexibility index (Phi) is 3.31. The first kappa shape index (κ1) is 15.9. The lowest BCUT2D eigenvalue weighted by atomic mass is 9.98. The van der Waals surface area contributed by atoms with Gasteiger partial charge in [0.05, 0.1) is 22.8 Å². The summed E-state index contributed by atoms with van der Waals surface area (Å²) in [6.45, 7) is 0. The standard InChI is InChI=1S/C23H11N3O2/c24-10-14-3-1-5-16(22(14)27)13-7-8-19-18(9-13)21-17-6-2-4-15(11-25)23(17)28-20(21)12-26-19/h1-9,12,27H. The lowest BCUT2D eigenvalue weighted by Gasteiger charge is -2.08. The molecule has 0 unspecified atom stereocenters. The van der Waals surface area contributed by atoms with Gasteiger partial charge in [0.25, 0.3) is 0 Å². The molecule has 0 saturated heterocycles. The van der Waals surface area contributed by atoms with E-state index in [0.29, 0.717) is 22.3 Å². The molecule has 130 valence electrons. The van der Waals surface area contributed by atoms with Gasteiger partial charge in [0, 0.05) is 21.7 Å². The summed E-state index contributed by atoms with van der Waals surface area (Å²) in [5.41, 5.74) is 3.94. The van der Waals surface area contributed by atoms with E-state index in [9.17, 15) is 15.6 Å². The van der Waals surface area contributed by atoms with Gasteiger partial charge in [-0.25, -0.2) is 0 Å². The number of hydrogen-bond acceptors (Lipinski definition) is 5. The number of aromatic nitrogens is 1. The smallest absolute Gasteiger partial charge is 0.154 e. The first-order valence-corrected chi connectivity index (χ1v) is 8.58. The molecular formula is C23H11N3O2. The normalized spacial score (nSPS) is 10.9. The zero-order valence-electron chi connectivity index (χ0n) is 14.5. The second-order valence-electron chi connectivity index (χ2n) is 6.44. The number of aromatic hydroxyl groups is 1. The fourth-order valence-electron chi connectivity index (χ4n) is 3.61. The molecule has 0 saturated carbocycles. The zero-order valence-corrected chi connectivity index (χ0v) is 14.5. The number of pyridine rings is 1. The fourth-order valence-corrected chi connectivity index (χ4v) is 3.61. The molecule has 0 aliphatic heterocycles. The summed E-state index contributed by atoms with van der Waals surface area (Å²) in [5.74, 6) is -0.0479. The summed E-state index contributed by atoms with van der Waals surface area (Å²) < 4.78 is 5.91. The summed E-state index contributed by atoms with van der Waals surface area (Å²) in [4.78, 5) is 4.46. The number of para-hydroxylation sites is 2. The Hall–Kier alpha value is -4.35. The van der Waals surface area contributed by atoms with Crippen LogP contribution in [-0.2, 0) is 0 Å². The van der Waals surface area contributed by atoms with Crippen molar-refractivity contribution >= 4 is 32.8 Å². The highest BCUT2D eigenvalue weighted by atomic mass is 16.3. The van der Waals surface area contributed by atoms with Crippen molar-refractivity contribution in [2.24, 2.45) is 0 Å². The highest BCUT2D eigenvalue weighted by Crippen LogP contribution is 2.38. The Morgan fingerprint density at radius 1 is 0.893 bits per heavy atom. The van der Waals surface area contributed by atoms with Crippen molar-refractivity contribution in [3.8, 4) is 29.0 Å². The number of furan rings is 1. The van der Waals surface area contributed by atoms with Crippen molar-refractivity contribution in [1.82, 2.24) is 4.98 Å². The third-order valence-electron chi connectivity index (χ3n) is 4.92. The highest BCUT2D eigenvalue weighted by molar-refractivity contribution is 6.18. The van der Waals surface area contributed by atoms with Gasteiger partial charge in [0.2, 0.25) is 0 Å². The number of hydrogen-bond donors (Lipinski definition) is 1. The van der Waals surface area contributed by atoms with Gasteiger partial charge in [0.15, 0.2) is 11.2 Å². The Morgan fingerprint density at radius 3 is 2.50 bits per heavy atom. The maximum Gasteiger partial charge on any atom is 0.154 e. The van der Waals surface area contributed by atoms with Gasteiger partial charge in [-0.1, -0.05) is 30.3 Å². The minimum Gasteiger partial charge on any atom is -0.506 e. The van der Waals surface area contributed by atoms with Crippen LogP contribution in [0.5, 0.6) is 5.75 Å². The van der Waals surface area contributed by atoms with E-state index in [4.69, 9.17) is 4.42 Å². The molecule has 28 heavy (non-hydrogen) atoms. The van der Waals surface area contributed by atoms with Crippen molar-refractivity contribution in [2.45, 2.75) is 0 Å².